The minimum atomic E-state index is -3.90. The molecule has 0 amide bonds. The first-order valence-electron chi connectivity index (χ1n) is 8.11. The van der Waals surface area contributed by atoms with Crippen LogP contribution in [0.4, 0.5) is 10.1 Å². The Labute approximate surface area is 157 Å². The topological polar surface area (TPSA) is 95.9 Å². The van der Waals surface area contributed by atoms with Crippen molar-refractivity contribution in [2.75, 3.05) is 18.3 Å². The van der Waals surface area contributed by atoms with Gasteiger partial charge in [-0.3, -0.25) is 4.72 Å². The largest absolute Gasteiger partial charge is 0.362 e. The lowest BCUT2D eigenvalue weighted by atomic mass is 10.3. The summed E-state index contributed by atoms with van der Waals surface area (Å²) < 4.78 is 68.5. The predicted molar refractivity (Wildman–Crippen MR) is 100 cm³/mol. The normalized spacial score (nSPS) is 16.7. The lowest BCUT2D eigenvalue weighted by Gasteiger charge is -2.11. The van der Waals surface area contributed by atoms with Crippen molar-refractivity contribution in [3.05, 3.63) is 54.3 Å². The molecule has 144 valence electrons. The van der Waals surface area contributed by atoms with Crippen molar-refractivity contribution < 1.29 is 21.2 Å². The van der Waals surface area contributed by atoms with Crippen molar-refractivity contribution in [1.82, 2.24) is 4.90 Å². The number of sulfonamides is 2. The van der Waals surface area contributed by atoms with Gasteiger partial charge >= 0.3 is 0 Å². The summed E-state index contributed by atoms with van der Waals surface area (Å²) in [6.07, 6.45) is 1.46. The Kier molecular flexibility index (Phi) is 5.20. The summed E-state index contributed by atoms with van der Waals surface area (Å²) in [5.41, 5.74) is 0.184. The van der Waals surface area contributed by atoms with E-state index >= 15 is 0 Å². The summed E-state index contributed by atoms with van der Waals surface area (Å²) in [5, 5.41) is 0. The van der Waals surface area contributed by atoms with Gasteiger partial charge in [0.15, 0.2) is 0 Å². The average Bonchev–Trinajstić information content (AvgIpc) is 2.99. The average molecular weight is 411 g/mol. The number of nitrogens with one attached hydrogen (secondary N) is 1. The fourth-order valence-corrected chi connectivity index (χ4v) is 4.78. The molecule has 0 bridgehead atoms. The van der Waals surface area contributed by atoms with E-state index in [0.29, 0.717) is 12.3 Å². The summed E-state index contributed by atoms with van der Waals surface area (Å²) in [6.45, 7) is 0.762. The zero-order chi connectivity index (χ0) is 19.7. The van der Waals surface area contributed by atoms with Gasteiger partial charge in [-0.25, -0.2) is 12.8 Å². The van der Waals surface area contributed by atoms with Crippen LogP contribution < -0.4 is 4.72 Å². The molecule has 27 heavy (non-hydrogen) atoms. The Bertz CT molecular complexity index is 1060. The molecular weight excluding hydrogens is 393 g/mol. The number of rotatable bonds is 5. The van der Waals surface area contributed by atoms with Gasteiger partial charge in [0.25, 0.3) is 20.0 Å². The second kappa shape index (κ2) is 7.28. The smallest absolute Gasteiger partial charge is 0.283 e. The van der Waals surface area contributed by atoms with Gasteiger partial charge < -0.3 is 4.90 Å². The van der Waals surface area contributed by atoms with Crippen molar-refractivity contribution in [1.29, 1.82) is 0 Å². The van der Waals surface area contributed by atoms with E-state index in [9.17, 15) is 21.2 Å². The zero-order valence-corrected chi connectivity index (χ0v) is 16.1. The maximum atomic E-state index is 12.9. The van der Waals surface area contributed by atoms with Crippen molar-refractivity contribution in [3.8, 4) is 0 Å². The van der Waals surface area contributed by atoms with Crippen LogP contribution in [0.2, 0.25) is 0 Å². The fourth-order valence-electron chi connectivity index (χ4n) is 2.62. The van der Waals surface area contributed by atoms with Crippen LogP contribution in [-0.2, 0) is 20.0 Å². The first kappa shape index (κ1) is 19.3. The minimum absolute atomic E-state index is 0.0277. The Morgan fingerprint density at radius 2 is 1.56 bits per heavy atom. The summed E-state index contributed by atoms with van der Waals surface area (Å²) in [4.78, 5) is 1.67. The molecule has 1 N–H and O–H groups in total. The van der Waals surface area contributed by atoms with E-state index in [0.717, 1.165) is 37.2 Å². The lowest BCUT2D eigenvalue weighted by Crippen LogP contribution is -2.20. The second-order valence-electron chi connectivity index (χ2n) is 6.09. The van der Waals surface area contributed by atoms with Crippen molar-refractivity contribution in [2.24, 2.45) is 4.40 Å². The highest BCUT2D eigenvalue weighted by Gasteiger charge is 2.20. The van der Waals surface area contributed by atoms with E-state index < -0.39 is 25.9 Å². The molecule has 2 aromatic carbocycles. The number of amidine groups is 1. The van der Waals surface area contributed by atoms with Gasteiger partial charge in [0.1, 0.15) is 11.7 Å². The molecule has 0 spiro atoms. The molecule has 0 aromatic heterocycles. The maximum Gasteiger partial charge on any atom is 0.283 e. The third-order valence-corrected chi connectivity index (χ3v) is 6.80. The first-order valence-corrected chi connectivity index (χ1v) is 11.0. The first-order chi connectivity index (χ1) is 12.7. The van der Waals surface area contributed by atoms with Crippen LogP contribution in [0.25, 0.3) is 0 Å². The standard InChI is InChI=1S/C17H18FN3O4S2/c1-21-12-2-3-17(21)20-27(24,25)16-10-6-14(7-11-16)19-26(22,23)15-8-4-13(18)5-9-15/h4-11,19H,2-3,12H2,1H3. The van der Waals surface area contributed by atoms with Crippen molar-refractivity contribution >= 4 is 31.6 Å². The molecule has 0 aliphatic carbocycles. The van der Waals surface area contributed by atoms with Gasteiger partial charge in [-0.1, -0.05) is 0 Å². The maximum absolute atomic E-state index is 12.9. The minimum Gasteiger partial charge on any atom is -0.362 e. The van der Waals surface area contributed by atoms with E-state index in [2.05, 4.69) is 9.12 Å². The summed E-state index contributed by atoms with van der Waals surface area (Å²) in [7, 11) is -5.98. The summed E-state index contributed by atoms with van der Waals surface area (Å²) in [6, 6.07) is 9.63. The molecule has 10 heteroatoms. The third-order valence-electron chi connectivity index (χ3n) is 4.09. The van der Waals surface area contributed by atoms with Gasteiger partial charge in [0.2, 0.25) is 0 Å². The van der Waals surface area contributed by atoms with E-state index in [1.165, 1.54) is 24.3 Å². The number of anilines is 1. The quantitative estimate of drug-likeness (QED) is 0.815. The van der Waals surface area contributed by atoms with Crippen LogP contribution in [0.1, 0.15) is 12.8 Å². The molecule has 2 aromatic rings. The van der Waals surface area contributed by atoms with Gasteiger partial charge in [0, 0.05) is 25.7 Å². The molecule has 0 unspecified atom stereocenters. The molecule has 0 atom stereocenters. The van der Waals surface area contributed by atoms with Gasteiger partial charge in [-0.15, -0.1) is 4.40 Å². The molecule has 1 aliphatic rings. The summed E-state index contributed by atoms with van der Waals surface area (Å²) in [5.74, 6) is -0.0332. The fraction of sp³-hybridized carbons (Fsp3) is 0.235. The molecule has 1 heterocycles. The van der Waals surface area contributed by atoms with Crippen LogP contribution in [0, 0.1) is 5.82 Å². The second-order valence-corrected chi connectivity index (χ2v) is 9.38. The van der Waals surface area contributed by atoms with Gasteiger partial charge in [-0.2, -0.15) is 8.42 Å². The highest BCUT2D eigenvalue weighted by atomic mass is 32.2. The molecule has 1 fully saturated rings. The van der Waals surface area contributed by atoms with Crippen LogP contribution in [-0.4, -0.2) is 41.2 Å². The Hall–Kier alpha value is -2.46. The molecule has 0 radical (unpaired) electrons. The number of nitrogens with zero attached hydrogens (tertiary/aromatic N) is 2. The molecule has 3 rings (SSSR count). The lowest BCUT2D eigenvalue weighted by molar-refractivity contribution is 0.548. The summed E-state index contributed by atoms with van der Waals surface area (Å²) >= 11 is 0. The number of likely N-dealkylation sites (tertiary alicyclic amines) is 1. The molecule has 7 nitrogen and oxygen atoms in total. The van der Waals surface area contributed by atoms with E-state index in [1.54, 1.807) is 11.9 Å². The zero-order valence-electron chi connectivity index (χ0n) is 14.5. The number of hydrogen-bond acceptors (Lipinski definition) is 4. The molecular formula is C17H18FN3O4S2. The number of benzene rings is 2. The van der Waals surface area contributed by atoms with Crippen molar-refractivity contribution in [2.45, 2.75) is 22.6 Å². The Morgan fingerprint density at radius 3 is 2.11 bits per heavy atom. The Morgan fingerprint density at radius 1 is 0.963 bits per heavy atom. The van der Waals surface area contributed by atoms with Gasteiger partial charge in [-0.05, 0) is 55.0 Å². The Balaban J connectivity index is 1.80. The molecule has 0 saturated carbocycles. The third kappa shape index (κ3) is 4.45. The highest BCUT2D eigenvalue weighted by molar-refractivity contribution is 7.92. The predicted octanol–water partition coefficient (Wildman–Crippen LogP) is 2.44. The van der Waals surface area contributed by atoms with Crippen LogP contribution in [0.3, 0.4) is 0 Å². The highest BCUT2D eigenvalue weighted by Crippen LogP contribution is 2.21. The number of hydrogen-bond donors (Lipinski definition) is 1. The molecule has 1 saturated heterocycles. The van der Waals surface area contributed by atoms with E-state index in [-0.39, 0.29) is 15.5 Å². The number of halogens is 1. The monoisotopic (exact) mass is 411 g/mol. The van der Waals surface area contributed by atoms with Crippen LogP contribution in [0.5, 0.6) is 0 Å². The van der Waals surface area contributed by atoms with E-state index in [4.69, 9.17) is 0 Å². The SMILES string of the molecule is CN1CCCC1=NS(=O)(=O)c1ccc(NS(=O)(=O)c2ccc(F)cc2)cc1. The van der Waals surface area contributed by atoms with Crippen molar-refractivity contribution in [3.63, 3.8) is 0 Å². The van der Waals surface area contributed by atoms with E-state index in [1.807, 2.05) is 0 Å². The van der Waals surface area contributed by atoms with Crippen LogP contribution in [0.15, 0.2) is 62.7 Å². The van der Waals surface area contributed by atoms with Crippen LogP contribution >= 0.6 is 0 Å². The van der Waals surface area contributed by atoms with Gasteiger partial charge in [0.05, 0.1) is 9.79 Å². The molecule has 1 aliphatic heterocycles.